The number of rotatable bonds is 6. The topological polar surface area (TPSA) is 58.6 Å². The zero-order valence-electron chi connectivity index (χ0n) is 18.4. The third kappa shape index (κ3) is 3.90. The number of carbonyl (C=O) groups excluding carboxylic acids is 2. The lowest BCUT2D eigenvalue weighted by molar-refractivity contribution is -0.137. The molecule has 0 saturated carbocycles. The molecular formula is C28H21FN2O3. The first-order valence-electron chi connectivity index (χ1n) is 10.8. The number of amides is 2. The number of imide groups is 1. The fourth-order valence-electron chi connectivity index (χ4n) is 4.10. The molecule has 34 heavy (non-hydrogen) atoms. The Morgan fingerprint density at radius 2 is 1.53 bits per heavy atom. The van der Waals surface area contributed by atoms with Gasteiger partial charge < -0.3 is 10.1 Å². The number of nitrogens with one attached hydrogen (secondary N) is 1. The van der Waals surface area contributed by atoms with Gasteiger partial charge >= 0.3 is 0 Å². The number of methoxy groups -OCH3 is 1. The lowest BCUT2D eigenvalue weighted by Crippen LogP contribution is -2.32. The highest BCUT2D eigenvalue weighted by molar-refractivity contribution is 6.36. The Kier molecular flexibility index (Phi) is 5.55. The summed E-state index contributed by atoms with van der Waals surface area (Å²) in [5, 5.41) is 5.19. The molecule has 0 fully saturated rings. The molecule has 4 aromatic rings. The normalized spacial score (nSPS) is 13.6. The lowest BCUT2D eigenvalue weighted by atomic mass is 10.0. The molecule has 5 nitrogen and oxygen atoms in total. The summed E-state index contributed by atoms with van der Waals surface area (Å²) in [4.78, 5) is 28.2. The second-order valence-corrected chi connectivity index (χ2v) is 7.95. The molecule has 2 amide bonds. The Bertz CT molecular complexity index is 1420. The van der Waals surface area contributed by atoms with E-state index in [0.29, 0.717) is 16.9 Å². The number of halogens is 1. The van der Waals surface area contributed by atoms with E-state index in [1.807, 2.05) is 42.5 Å². The number of nitrogens with zero attached hydrogens (tertiary/aromatic N) is 1. The molecule has 5 rings (SSSR count). The van der Waals surface area contributed by atoms with Crippen LogP contribution < -0.4 is 10.1 Å². The molecule has 0 bridgehead atoms. The van der Waals surface area contributed by atoms with E-state index in [0.717, 1.165) is 16.5 Å². The zero-order valence-corrected chi connectivity index (χ0v) is 18.4. The summed E-state index contributed by atoms with van der Waals surface area (Å²) in [6.07, 6.45) is 0. The standard InChI is InChI=1S/C28H21FN2O3/c1-34-22-15-11-20(12-16-22)25-26(30-24-8-4-6-19-5-2-3-7-23(19)24)28(33)31(27(25)32)17-18-9-13-21(29)14-10-18/h2-16,30H,17H2,1H3. The second-order valence-electron chi connectivity index (χ2n) is 7.95. The molecule has 0 aliphatic carbocycles. The van der Waals surface area contributed by atoms with Gasteiger partial charge in [-0.05, 0) is 46.8 Å². The summed E-state index contributed by atoms with van der Waals surface area (Å²) < 4.78 is 18.6. The number of hydrogen-bond acceptors (Lipinski definition) is 4. The van der Waals surface area contributed by atoms with Gasteiger partial charge in [0.15, 0.2) is 0 Å². The smallest absolute Gasteiger partial charge is 0.278 e. The number of ether oxygens (including phenoxy) is 1. The highest BCUT2D eigenvalue weighted by Crippen LogP contribution is 2.34. The van der Waals surface area contributed by atoms with Crippen molar-refractivity contribution < 1.29 is 18.7 Å². The highest BCUT2D eigenvalue weighted by atomic mass is 19.1. The Labute approximate surface area is 196 Å². The largest absolute Gasteiger partial charge is 0.497 e. The number of fused-ring (bicyclic) bond motifs is 1. The third-order valence-corrected chi connectivity index (χ3v) is 5.85. The van der Waals surface area contributed by atoms with Crippen LogP contribution in [0.2, 0.25) is 0 Å². The van der Waals surface area contributed by atoms with Crippen LogP contribution >= 0.6 is 0 Å². The van der Waals surface area contributed by atoms with Crippen molar-refractivity contribution in [1.82, 2.24) is 4.90 Å². The third-order valence-electron chi connectivity index (χ3n) is 5.85. The molecule has 0 radical (unpaired) electrons. The predicted octanol–water partition coefficient (Wildman–Crippen LogP) is 5.38. The van der Waals surface area contributed by atoms with Gasteiger partial charge in [-0.3, -0.25) is 14.5 Å². The number of hydrogen-bond donors (Lipinski definition) is 1. The monoisotopic (exact) mass is 452 g/mol. The summed E-state index contributed by atoms with van der Waals surface area (Å²) in [6.45, 7) is 0.0400. The molecule has 1 aliphatic heterocycles. The van der Waals surface area contributed by atoms with Crippen LogP contribution in [0, 0.1) is 5.82 Å². The van der Waals surface area contributed by atoms with Gasteiger partial charge in [0.2, 0.25) is 0 Å². The van der Waals surface area contributed by atoms with Crippen LogP contribution in [0.1, 0.15) is 11.1 Å². The number of benzene rings is 4. The Hall–Kier alpha value is -4.45. The fourth-order valence-corrected chi connectivity index (χ4v) is 4.10. The fraction of sp³-hybridized carbons (Fsp3) is 0.0714. The van der Waals surface area contributed by atoms with Crippen LogP contribution in [0.4, 0.5) is 10.1 Å². The van der Waals surface area contributed by atoms with Gasteiger partial charge in [-0.15, -0.1) is 0 Å². The van der Waals surface area contributed by atoms with Crippen molar-refractivity contribution in [3.8, 4) is 5.75 Å². The summed E-state index contributed by atoms with van der Waals surface area (Å²) >= 11 is 0. The number of carbonyl (C=O) groups is 2. The predicted molar refractivity (Wildman–Crippen MR) is 129 cm³/mol. The molecule has 0 atom stereocenters. The summed E-state index contributed by atoms with van der Waals surface area (Å²) in [5.74, 6) is -0.582. The number of anilines is 1. The van der Waals surface area contributed by atoms with E-state index in [4.69, 9.17) is 4.74 Å². The molecule has 1 N–H and O–H groups in total. The maximum absolute atomic E-state index is 13.5. The lowest BCUT2D eigenvalue weighted by Gasteiger charge is -2.16. The van der Waals surface area contributed by atoms with Crippen LogP contribution in [-0.2, 0) is 16.1 Å². The molecule has 6 heteroatoms. The van der Waals surface area contributed by atoms with Gasteiger partial charge in [0.05, 0.1) is 19.2 Å². The van der Waals surface area contributed by atoms with Crippen LogP contribution in [0.15, 0.2) is 96.7 Å². The van der Waals surface area contributed by atoms with Crippen LogP contribution in [0.3, 0.4) is 0 Å². The van der Waals surface area contributed by atoms with Crippen LogP contribution in [0.5, 0.6) is 5.75 Å². The van der Waals surface area contributed by atoms with Crippen molar-refractivity contribution in [2.24, 2.45) is 0 Å². The zero-order chi connectivity index (χ0) is 23.7. The van der Waals surface area contributed by atoms with Crippen LogP contribution in [-0.4, -0.2) is 23.8 Å². The van der Waals surface area contributed by atoms with E-state index in [-0.39, 0.29) is 23.6 Å². The van der Waals surface area contributed by atoms with Crippen molar-refractivity contribution >= 4 is 33.8 Å². The Balaban J connectivity index is 1.58. The first-order valence-corrected chi connectivity index (χ1v) is 10.8. The molecule has 4 aromatic carbocycles. The van der Waals surface area contributed by atoms with Crippen molar-refractivity contribution in [3.63, 3.8) is 0 Å². The Morgan fingerprint density at radius 3 is 2.26 bits per heavy atom. The molecule has 168 valence electrons. The molecule has 1 heterocycles. The molecule has 0 spiro atoms. The minimum atomic E-state index is -0.437. The van der Waals surface area contributed by atoms with Crippen molar-refractivity contribution in [2.75, 3.05) is 12.4 Å². The van der Waals surface area contributed by atoms with E-state index in [1.54, 1.807) is 43.5 Å². The van der Waals surface area contributed by atoms with Gasteiger partial charge in [-0.25, -0.2) is 4.39 Å². The second kappa shape index (κ2) is 8.83. The minimum absolute atomic E-state index is 0.0400. The van der Waals surface area contributed by atoms with Gasteiger partial charge in [-0.2, -0.15) is 0 Å². The summed E-state index contributed by atoms with van der Waals surface area (Å²) in [7, 11) is 1.57. The van der Waals surface area contributed by atoms with Crippen molar-refractivity contribution in [1.29, 1.82) is 0 Å². The SMILES string of the molecule is COc1ccc(C2=C(Nc3cccc4ccccc34)C(=O)N(Cc3ccc(F)cc3)C2=O)cc1. The first kappa shape index (κ1) is 21.4. The van der Waals surface area contributed by atoms with E-state index < -0.39 is 11.8 Å². The van der Waals surface area contributed by atoms with Gasteiger partial charge in [0.1, 0.15) is 17.3 Å². The average molecular weight is 452 g/mol. The van der Waals surface area contributed by atoms with Gasteiger partial charge in [0.25, 0.3) is 11.8 Å². The molecule has 0 saturated heterocycles. The van der Waals surface area contributed by atoms with Gasteiger partial charge in [0, 0.05) is 11.1 Å². The molecular weight excluding hydrogens is 431 g/mol. The summed E-state index contributed by atoms with van der Waals surface area (Å²) in [5.41, 5.74) is 2.47. The average Bonchev–Trinajstić information content (AvgIpc) is 3.09. The van der Waals surface area contributed by atoms with Crippen molar-refractivity contribution in [3.05, 3.63) is 114 Å². The highest BCUT2D eigenvalue weighted by Gasteiger charge is 2.39. The van der Waals surface area contributed by atoms with Crippen molar-refractivity contribution in [2.45, 2.75) is 6.54 Å². The summed E-state index contributed by atoms with van der Waals surface area (Å²) in [6, 6.07) is 26.4. The van der Waals surface area contributed by atoms with E-state index in [9.17, 15) is 14.0 Å². The van der Waals surface area contributed by atoms with E-state index >= 15 is 0 Å². The van der Waals surface area contributed by atoms with Gasteiger partial charge in [-0.1, -0.05) is 60.7 Å². The molecule has 1 aliphatic rings. The molecule has 0 aromatic heterocycles. The minimum Gasteiger partial charge on any atom is -0.497 e. The Morgan fingerprint density at radius 1 is 0.824 bits per heavy atom. The maximum atomic E-state index is 13.5. The maximum Gasteiger partial charge on any atom is 0.278 e. The van der Waals surface area contributed by atoms with E-state index in [1.165, 1.54) is 17.0 Å². The van der Waals surface area contributed by atoms with E-state index in [2.05, 4.69) is 5.32 Å². The van der Waals surface area contributed by atoms with Crippen LogP contribution in [0.25, 0.3) is 16.3 Å². The first-order chi connectivity index (χ1) is 16.5. The molecule has 0 unspecified atom stereocenters. The quantitative estimate of drug-likeness (QED) is 0.399.